The molecule has 1 aliphatic rings. The Balaban J connectivity index is 1.80. The Kier molecular flexibility index (Phi) is 4.53. The van der Waals surface area contributed by atoms with Crippen molar-refractivity contribution >= 4 is 27.3 Å². The third kappa shape index (κ3) is 3.56. The van der Waals surface area contributed by atoms with Crippen LogP contribution in [0.3, 0.4) is 0 Å². The Morgan fingerprint density at radius 2 is 1.88 bits per heavy atom. The van der Waals surface area contributed by atoms with Crippen molar-refractivity contribution in [3.63, 3.8) is 0 Å². The van der Waals surface area contributed by atoms with Crippen molar-refractivity contribution in [2.45, 2.75) is 31.1 Å². The summed E-state index contributed by atoms with van der Waals surface area (Å²) in [6, 6.07) is 9.66. The Hall–Kier alpha value is -2.41. The van der Waals surface area contributed by atoms with Crippen molar-refractivity contribution in [3.8, 4) is 0 Å². The molecule has 0 bridgehead atoms. The molecule has 3 rings (SSSR count). The standard InChI is InChI=1S/C17H19N3O3S/c1-13-12-14(9-10-18-13)19-24(22,23)16-7-5-15(6-8-16)20-11-3-2-4-17(20)21/h5-10,12H,2-4,11H2,1H3,(H,18,19). The van der Waals surface area contributed by atoms with Gasteiger partial charge in [-0.25, -0.2) is 8.42 Å². The summed E-state index contributed by atoms with van der Waals surface area (Å²) in [6.45, 7) is 2.47. The lowest BCUT2D eigenvalue weighted by atomic mass is 10.1. The van der Waals surface area contributed by atoms with Crippen molar-refractivity contribution in [2.75, 3.05) is 16.2 Å². The van der Waals surface area contributed by atoms with Crippen molar-refractivity contribution in [2.24, 2.45) is 0 Å². The van der Waals surface area contributed by atoms with Gasteiger partial charge in [0.15, 0.2) is 0 Å². The van der Waals surface area contributed by atoms with Gasteiger partial charge in [0, 0.05) is 30.5 Å². The largest absolute Gasteiger partial charge is 0.312 e. The predicted molar refractivity (Wildman–Crippen MR) is 92.4 cm³/mol. The Bertz CT molecular complexity index is 848. The van der Waals surface area contributed by atoms with E-state index in [1.807, 2.05) is 0 Å². The lowest BCUT2D eigenvalue weighted by Gasteiger charge is -2.26. The van der Waals surface area contributed by atoms with Crippen molar-refractivity contribution in [3.05, 3.63) is 48.3 Å². The van der Waals surface area contributed by atoms with Crippen molar-refractivity contribution in [1.82, 2.24) is 4.98 Å². The lowest BCUT2D eigenvalue weighted by molar-refractivity contribution is -0.119. The van der Waals surface area contributed by atoms with Crippen molar-refractivity contribution < 1.29 is 13.2 Å². The number of hydrogen-bond donors (Lipinski definition) is 1. The van der Waals surface area contributed by atoms with Gasteiger partial charge in [0.25, 0.3) is 10.0 Å². The summed E-state index contributed by atoms with van der Waals surface area (Å²) < 4.78 is 27.4. The molecule has 0 atom stereocenters. The molecule has 126 valence electrons. The highest BCUT2D eigenvalue weighted by atomic mass is 32.2. The SMILES string of the molecule is Cc1cc(NS(=O)(=O)c2ccc(N3CCCCC3=O)cc2)ccn1. The zero-order valence-corrected chi connectivity index (χ0v) is 14.2. The van der Waals surface area contributed by atoms with Crippen LogP contribution in [0.5, 0.6) is 0 Å². The molecule has 1 amide bonds. The van der Waals surface area contributed by atoms with Gasteiger partial charge in [0.2, 0.25) is 5.91 Å². The molecule has 0 unspecified atom stereocenters. The van der Waals surface area contributed by atoms with Gasteiger partial charge in [-0.2, -0.15) is 0 Å². The summed E-state index contributed by atoms with van der Waals surface area (Å²) in [4.78, 5) is 17.8. The Labute approximate surface area is 141 Å². The molecule has 0 aliphatic carbocycles. The molecule has 1 saturated heterocycles. The molecule has 1 aromatic heterocycles. The number of hydrogen-bond acceptors (Lipinski definition) is 4. The number of carbonyl (C=O) groups excluding carboxylic acids is 1. The first kappa shape index (κ1) is 16.4. The molecular weight excluding hydrogens is 326 g/mol. The number of nitrogens with zero attached hydrogens (tertiary/aromatic N) is 2. The highest BCUT2D eigenvalue weighted by Crippen LogP contribution is 2.23. The molecule has 6 nitrogen and oxygen atoms in total. The number of nitrogens with one attached hydrogen (secondary N) is 1. The van der Waals surface area contributed by atoms with E-state index in [-0.39, 0.29) is 10.8 Å². The average molecular weight is 345 g/mol. The molecule has 0 saturated carbocycles. The van der Waals surface area contributed by atoms with E-state index in [4.69, 9.17) is 0 Å². The lowest BCUT2D eigenvalue weighted by Crippen LogP contribution is -2.35. The number of anilines is 2. The molecule has 2 heterocycles. The normalized spacial score (nSPS) is 15.4. The minimum atomic E-state index is -3.67. The number of benzene rings is 1. The smallest absolute Gasteiger partial charge is 0.261 e. The second-order valence-electron chi connectivity index (χ2n) is 5.79. The zero-order chi connectivity index (χ0) is 17.2. The van der Waals surface area contributed by atoms with E-state index in [0.29, 0.717) is 18.7 Å². The number of sulfonamides is 1. The van der Waals surface area contributed by atoms with E-state index >= 15 is 0 Å². The fourth-order valence-corrected chi connectivity index (χ4v) is 3.76. The third-order valence-corrected chi connectivity index (χ3v) is 5.33. The first-order valence-corrected chi connectivity index (χ1v) is 9.30. The summed E-state index contributed by atoms with van der Waals surface area (Å²) in [7, 11) is -3.67. The van der Waals surface area contributed by atoms with E-state index < -0.39 is 10.0 Å². The fourth-order valence-electron chi connectivity index (χ4n) is 2.71. The second-order valence-corrected chi connectivity index (χ2v) is 7.47. The van der Waals surface area contributed by atoms with E-state index in [2.05, 4.69) is 9.71 Å². The van der Waals surface area contributed by atoms with E-state index in [9.17, 15) is 13.2 Å². The summed E-state index contributed by atoms with van der Waals surface area (Å²) in [5.41, 5.74) is 1.94. The van der Waals surface area contributed by atoms with Crippen LogP contribution in [0.2, 0.25) is 0 Å². The number of aromatic nitrogens is 1. The van der Waals surface area contributed by atoms with Crippen LogP contribution < -0.4 is 9.62 Å². The average Bonchev–Trinajstić information content (AvgIpc) is 2.55. The van der Waals surface area contributed by atoms with Crippen LogP contribution in [-0.2, 0) is 14.8 Å². The molecular formula is C17H19N3O3S. The number of pyridine rings is 1. The molecule has 0 spiro atoms. The molecule has 2 aromatic rings. The molecule has 1 aromatic carbocycles. The van der Waals surface area contributed by atoms with Gasteiger partial charge in [-0.05, 0) is 56.2 Å². The van der Waals surface area contributed by atoms with Crippen molar-refractivity contribution in [1.29, 1.82) is 0 Å². The highest BCUT2D eigenvalue weighted by molar-refractivity contribution is 7.92. The molecule has 24 heavy (non-hydrogen) atoms. The van der Waals surface area contributed by atoms with Gasteiger partial charge in [-0.3, -0.25) is 14.5 Å². The van der Waals surface area contributed by atoms with Crippen LogP contribution in [-0.4, -0.2) is 25.9 Å². The Morgan fingerprint density at radius 3 is 2.54 bits per heavy atom. The van der Waals surface area contributed by atoms with Crippen LogP contribution >= 0.6 is 0 Å². The molecule has 1 N–H and O–H groups in total. The van der Waals surface area contributed by atoms with Gasteiger partial charge < -0.3 is 4.90 Å². The maximum absolute atomic E-state index is 12.5. The quantitative estimate of drug-likeness (QED) is 0.924. The fraction of sp³-hybridized carbons (Fsp3) is 0.294. The van der Waals surface area contributed by atoms with E-state index in [1.165, 1.54) is 12.1 Å². The minimum absolute atomic E-state index is 0.0854. The topological polar surface area (TPSA) is 79.4 Å². The van der Waals surface area contributed by atoms with Gasteiger partial charge in [-0.1, -0.05) is 0 Å². The van der Waals surface area contributed by atoms with Crippen LogP contribution in [0.1, 0.15) is 25.0 Å². The van der Waals surface area contributed by atoms with Gasteiger partial charge in [0.05, 0.1) is 10.6 Å². The van der Waals surface area contributed by atoms with Crippen LogP contribution in [0, 0.1) is 6.92 Å². The first-order valence-electron chi connectivity index (χ1n) is 7.82. The minimum Gasteiger partial charge on any atom is -0.312 e. The number of aryl methyl sites for hydroxylation is 1. The first-order chi connectivity index (χ1) is 11.5. The van der Waals surface area contributed by atoms with E-state index in [0.717, 1.165) is 24.2 Å². The molecule has 7 heteroatoms. The molecule has 1 fully saturated rings. The molecule has 0 radical (unpaired) electrons. The summed E-state index contributed by atoms with van der Waals surface area (Å²) in [5, 5.41) is 0. The third-order valence-electron chi connectivity index (χ3n) is 3.93. The molecule has 1 aliphatic heterocycles. The summed E-state index contributed by atoms with van der Waals surface area (Å²) >= 11 is 0. The maximum Gasteiger partial charge on any atom is 0.261 e. The monoisotopic (exact) mass is 345 g/mol. The summed E-state index contributed by atoms with van der Waals surface area (Å²) in [5.74, 6) is 0.0854. The second kappa shape index (κ2) is 6.60. The zero-order valence-electron chi connectivity index (χ0n) is 13.4. The number of carbonyl (C=O) groups is 1. The highest BCUT2D eigenvalue weighted by Gasteiger charge is 2.20. The van der Waals surface area contributed by atoms with Crippen LogP contribution in [0.15, 0.2) is 47.5 Å². The maximum atomic E-state index is 12.5. The van der Waals surface area contributed by atoms with Crippen LogP contribution in [0.25, 0.3) is 0 Å². The van der Waals surface area contributed by atoms with E-state index in [1.54, 1.807) is 42.3 Å². The Morgan fingerprint density at radius 1 is 1.12 bits per heavy atom. The van der Waals surface area contributed by atoms with Gasteiger partial charge in [-0.15, -0.1) is 0 Å². The predicted octanol–water partition coefficient (Wildman–Crippen LogP) is 2.71. The number of rotatable bonds is 4. The van der Waals surface area contributed by atoms with Gasteiger partial charge in [0.1, 0.15) is 0 Å². The number of amides is 1. The van der Waals surface area contributed by atoms with Crippen LogP contribution in [0.4, 0.5) is 11.4 Å². The summed E-state index contributed by atoms with van der Waals surface area (Å²) in [6.07, 6.45) is 3.98. The van der Waals surface area contributed by atoms with Gasteiger partial charge >= 0.3 is 0 Å². The number of piperidine rings is 1.